The van der Waals surface area contributed by atoms with Gasteiger partial charge in [0.05, 0.1) is 24.0 Å². The SMILES string of the molecule is O=C(C1CC1)N1CCC(O)(Cn2cnc3c(cnn3-c3ccc(F)cc3)c2=O)CC1. The van der Waals surface area contributed by atoms with Crippen molar-refractivity contribution in [3.63, 3.8) is 0 Å². The van der Waals surface area contributed by atoms with Crippen molar-refractivity contribution in [3.8, 4) is 5.69 Å². The van der Waals surface area contributed by atoms with Crippen LogP contribution < -0.4 is 5.56 Å². The molecule has 9 heteroatoms. The van der Waals surface area contributed by atoms with Crippen molar-refractivity contribution in [2.75, 3.05) is 13.1 Å². The van der Waals surface area contributed by atoms with Crippen LogP contribution in [-0.2, 0) is 11.3 Å². The lowest BCUT2D eigenvalue weighted by atomic mass is 9.91. The lowest BCUT2D eigenvalue weighted by Gasteiger charge is -2.38. The molecule has 1 aromatic carbocycles. The van der Waals surface area contributed by atoms with Crippen LogP contribution in [0.1, 0.15) is 25.7 Å². The van der Waals surface area contributed by atoms with Crippen LogP contribution in [0.2, 0.25) is 0 Å². The van der Waals surface area contributed by atoms with Crippen LogP contribution in [0.5, 0.6) is 0 Å². The first-order valence-corrected chi connectivity index (χ1v) is 10.1. The summed E-state index contributed by atoms with van der Waals surface area (Å²) in [5.74, 6) is -0.00257. The van der Waals surface area contributed by atoms with Gasteiger partial charge in [-0.25, -0.2) is 14.1 Å². The Morgan fingerprint density at radius 3 is 2.57 bits per heavy atom. The monoisotopic (exact) mass is 411 g/mol. The summed E-state index contributed by atoms with van der Waals surface area (Å²) in [7, 11) is 0. The van der Waals surface area contributed by atoms with Gasteiger partial charge in [0.2, 0.25) is 5.91 Å². The summed E-state index contributed by atoms with van der Waals surface area (Å²) in [6.45, 7) is 1.11. The number of aliphatic hydroxyl groups is 1. The number of likely N-dealkylation sites (tertiary alicyclic amines) is 1. The second kappa shape index (κ2) is 7.02. The smallest absolute Gasteiger partial charge is 0.264 e. The number of fused-ring (bicyclic) bond motifs is 1. The van der Waals surface area contributed by atoms with E-state index in [9.17, 15) is 19.1 Å². The molecule has 1 saturated heterocycles. The number of benzene rings is 1. The largest absolute Gasteiger partial charge is 0.388 e. The summed E-state index contributed by atoms with van der Waals surface area (Å²) in [5.41, 5.74) is -0.382. The Morgan fingerprint density at radius 2 is 1.90 bits per heavy atom. The van der Waals surface area contributed by atoms with Crippen molar-refractivity contribution in [2.45, 2.75) is 37.8 Å². The molecule has 1 N–H and O–H groups in total. The number of aromatic nitrogens is 4. The molecule has 3 aromatic rings. The van der Waals surface area contributed by atoms with E-state index in [0.29, 0.717) is 42.7 Å². The summed E-state index contributed by atoms with van der Waals surface area (Å²) >= 11 is 0. The van der Waals surface area contributed by atoms with Gasteiger partial charge in [-0.1, -0.05) is 0 Å². The van der Waals surface area contributed by atoms with E-state index < -0.39 is 5.60 Å². The molecule has 2 fully saturated rings. The number of carbonyl (C=O) groups excluding carboxylic acids is 1. The molecular formula is C21H22FN5O3. The Hall–Kier alpha value is -3.07. The Kier molecular flexibility index (Phi) is 4.43. The summed E-state index contributed by atoms with van der Waals surface area (Å²) in [5, 5.41) is 15.6. The van der Waals surface area contributed by atoms with E-state index in [0.717, 1.165) is 12.8 Å². The molecule has 2 aliphatic rings. The number of halogens is 1. The minimum Gasteiger partial charge on any atom is -0.388 e. The van der Waals surface area contributed by atoms with Gasteiger partial charge < -0.3 is 10.0 Å². The van der Waals surface area contributed by atoms with Gasteiger partial charge in [-0.05, 0) is 49.9 Å². The Labute approximate surface area is 171 Å². The van der Waals surface area contributed by atoms with Gasteiger partial charge in [-0.3, -0.25) is 14.2 Å². The fourth-order valence-corrected chi connectivity index (χ4v) is 4.04. The number of hydrogen-bond donors (Lipinski definition) is 1. The third kappa shape index (κ3) is 3.39. The maximum atomic E-state index is 13.2. The van der Waals surface area contributed by atoms with Crippen molar-refractivity contribution in [1.29, 1.82) is 0 Å². The van der Waals surface area contributed by atoms with E-state index in [1.807, 2.05) is 4.90 Å². The first-order valence-electron chi connectivity index (χ1n) is 10.1. The molecular weight excluding hydrogens is 389 g/mol. The molecule has 1 aliphatic heterocycles. The van der Waals surface area contributed by atoms with Crippen LogP contribution in [0, 0.1) is 11.7 Å². The maximum absolute atomic E-state index is 13.2. The second-order valence-corrected chi connectivity index (χ2v) is 8.27. The van der Waals surface area contributed by atoms with Gasteiger partial charge in [0.1, 0.15) is 17.5 Å². The number of nitrogens with zero attached hydrogens (tertiary/aromatic N) is 5. The molecule has 0 atom stereocenters. The zero-order valence-electron chi connectivity index (χ0n) is 16.4. The summed E-state index contributed by atoms with van der Waals surface area (Å²) in [4.78, 5) is 31.4. The molecule has 0 radical (unpaired) electrons. The zero-order valence-corrected chi connectivity index (χ0v) is 16.4. The average Bonchev–Trinajstić information content (AvgIpc) is 3.50. The lowest BCUT2D eigenvalue weighted by molar-refractivity contribution is -0.137. The molecule has 0 unspecified atom stereocenters. The van der Waals surface area contributed by atoms with Gasteiger partial charge in [-0.2, -0.15) is 5.10 Å². The topological polar surface area (TPSA) is 93.2 Å². The van der Waals surface area contributed by atoms with Crippen molar-refractivity contribution in [1.82, 2.24) is 24.2 Å². The predicted octanol–water partition coefficient (Wildman–Crippen LogP) is 1.48. The maximum Gasteiger partial charge on any atom is 0.264 e. The highest BCUT2D eigenvalue weighted by atomic mass is 19.1. The standard InChI is InChI=1S/C21H22FN5O3/c22-15-3-5-16(6-4-15)27-18-17(11-24-27)20(29)26(13-23-18)12-21(30)7-9-25(10-8-21)19(28)14-1-2-14/h3-6,11,13-14,30H,1-2,7-10,12H2. The molecule has 1 aliphatic carbocycles. The molecule has 0 spiro atoms. The van der Waals surface area contributed by atoms with Gasteiger partial charge in [0.15, 0.2) is 5.65 Å². The zero-order chi connectivity index (χ0) is 20.9. The molecule has 2 aromatic heterocycles. The Morgan fingerprint density at radius 1 is 1.20 bits per heavy atom. The number of hydrogen-bond acceptors (Lipinski definition) is 5. The molecule has 156 valence electrons. The summed E-state index contributed by atoms with van der Waals surface area (Å²) < 4.78 is 16.1. The summed E-state index contributed by atoms with van der Waals surface area (Å²) in [6.07, 6.45) is 5.62. The fourth-order valence-electron chi connectivity index (χ4n) is 4.04. The van der Waals surface area contributed by atoms with E-state index in [1.165, 1.54) is 33.9 Å². The number of carbonyl (C=O) groups is 1. The van der Waals surface area contributed by atoms with Crippen LogP contribution >= 0.6 is 0 Å². The highest BCUT2D eigenvalue weighted by Gasteiger charge is 2.39. The van der Waals surface area contributed by atoms with Gasteiger partial charge >= 0.3 is 0 Å². The number of piperidine rings is 1. The van der Waals surface area contributed by atoms with E-state index in [1.54, 1.807) is 12.1 Å². The minimum absolute atomic E-state index is 0.113. The van der Waals surface area contributed by atoms with Crippen LogP contribution in [0.4, 0.5) is 4.39 Å². The quantitative estimate of drug-likeness (QED) is 0.702. The third-order valence-corrected chi connectivity index (χ3v) is 6.02. The van der Waals surface area contributed by atoms with Crippen LogP contribution in [0.3, 0.4) is 0 Å². The van der Waals surface area contributed by atoms with Gasteiger partial charge in [0, 0.05) is 19.0 Å². The summed E-state index contributed by atoms with van der Waals surface area (Å²) in [6, 6.07) is 5.77. The van der Waals surface area contributed by atoms with Crippen LogP contribution in [-0.4, -0.2) is 53.9 Å². The Bertz CT molecular complexity index is 1160. The lowest BCUT2D eigenvalue weighted by Crippen LogP contribution is -2.50. The molecule has 30 heavy (non-hydrogen) atoms. The highest BCUT2D eigenvalue weighted by Crippen LogP contribution is 2.33. The van der Waals surface area contributed by atoms with E-state index in [2.05, 4.69) is 10.1 Å². The Balaban J connectivity index is 1.36. The number of amides is 1. The van der Waals surface area contributed by atoms with Crippen molar-refractivity contribution >= 4 is 16.9 Å². The van der Waals surface area contributed by atoms with Crippen molar-refractivity contribution < 1.29 is 14.3 Å². The van der Waals surface area contributed by atoms with Crippen molar-refractivity contribution in [2.24, 2.45) is 5.92 Å². The fraction of sp³-hybridized carbons (Fsp3) is 0.429. The van der Waals surface area contributed by atoms with Gasteiger partial charge in [0.25, 0.3) is 5.56 Å². The molecule has 1 saturated carbocycles. The minimum atomic E-state index is -1.06. The molecule has 8 nitrogen and oxygen atoms in total. The van der Waals surface area contributed by atoms with Gasteiger partial charge in [-0.15, -0.1) is 0 Å². The normalized spacial score (nSPS) is 18.7. The van der Waals surface area contributed by atoms with Crippen LogP contribution in [0.25, 0.3) is 16.7 Å². The van der Waals surface area contributed by atoms with Crippen molar-refractivity contribution in [3.05, 3.63) is 53.0 Å². The van der Waals surface area contributed by atoms with E-state index >= 15 is 0 Å². The average molecular weight is 411 g/mol. The second-order valence-electron chi connectivity index (χ2n) is 8.27. The first-order chi connectivity index (χ1) is 14.4. The molecule has 5 rings (SSSR count). The van der Waals surface area contributed by atoms with Crippen LogP contribution in [0.15, 0.2) is 41.6 Å². The molecule has 0 bridgehead atoms. The third-order valence-electron chi connectivity index (χ3n) is 6.02. The van der Waals surface area contributed by atoms with E-state index in [4.69, 9.17) is 0 Å². The highest BCUT2D eigenvalue weighted by molar-refractivity contribution is 5.81. The molecule has 1 amide bonds. The number of rotatable bonds is 4. The predicted molar refractivity (Wildman–Crippen MR) is 107 cm³/mol. The van der Waals surface area contributed by atoms with E-state index in [-0.39, 0.29) is 29.7 Å². The first kappa shape index (κ1) is 18.9. The molecule has 3 heterocycles.